The van der Waals surface area contributed by atoms with Gasteiger partial charge >= 0.3 is 0 Å². The molecule has 20 heavy (non-hydrogen) atoms. The van der Waals surface area contributed by atoms with Gasteiger partial charge in [-0.3, -0.25) is 4.79 Å². The molecule has 112 valence electrons. The molecule has 1 amide bonds. The second-order valence-electron chi connectivity index (χ2n) is 5.87. The van der Waals surface area contributed by atoms with Crippen LogP contribution in [0.3, 0.4) is 0 Å². The summed E-state index contributed by atoms with van der Waals surface area (Å²) in [4.78, 5) is 12.7. The highest BCUT2D eigenvalue weighted by molar-refractivity contribution is 5.48. The molecule has 0 aliphatic carbocycles. The maximum atomic E-state index is 10.3. The Balaban J connectivity index is 2.54. The highest BCUT2D eigenvalue weighted by atomic mass is 16.1. The van der Waals surface area contributed by atoms with Gasteiger partial charge in [0.25, 0.3) is 0 Å². The van der Waals surface area contributed by atoms with Crippen molar-refractivity contribution in [2.24, 2.45) is 0 Å². The molecule has 0 bridgehead atoms. The van der Waals surface area contributed by atoms with E-state index in [0.717, 1.165) is 43.6 Å². The number of quaternary nitrogens is 1. The summed E-state index contributed by atoms with van der Waals surface area (Å²) in [5, 5.41) is 2.74. The van der Waals surface area contributed by atoms with E-state index in [9.17, 15) is 4.79 Å². The van der Waals surface area contributed by atoms with Gasteiger partial charge in [-0.1, -0.05) is 12.1 Å². The molecular weight excluding hydrogens is 250 g/mol. The van der Waals surface area contributed by atoms with Gasteiger partial charge in [-0.2, -0.15) is 0 Å². The van der Waals surface area contributed by atoms with Crippen LogP contribution in [0.2, 0.25) is 0 Å². The Labute approximate surface area is 123 Å². The van der Waals surface area contributed by atoms with Crippen molar-refractivity contribution >= 4 is 12.1 Å². The van der Waals surface area contributed by atoms with Crippen LogP contribution in [0.1, 0.15) is 12.5 Å². The van der Waals surface area contributed by atoms with Crippen LogP contribution in [-0.4, -0.2) is 57.7 Å². The van der Waals surface area contributed by atoms with Gasteiger partial charge in [0, 0.05) is 12.2 Å². The second kappa shape index (κ2) is 7.90. The van der Waals surface area contributed by atoms with Crippen LogP contribution < -0.4 is 10.2 Å². The third-order valence-electron chi connectivity index (χ3n) is 3.67. The van der Waals surface area contributed by atoms with E-state index in [1.54, 1.807) is 0 Å². The van der Waals surface area contributed by atoms with E-state index in [-0.39, 0.29) is 0 Å². The van der Waals surface area contributed by atoms with Crippen LogP contribution in [0.15, 0.2) is 24.3 Å². The summed E-state index contributed by atoms with van der Waals surface area (Å²) in [5.74, 6) is 0. The first kappa shape index (κ1) is 16.5. The van der Waals surface area contributed by atoms with Gasteiger partial charge in [0.15, 0.2) is 0 Å². The van der Waals surface area contributed by atoms with Crippen LogP contribution in [0.5, 0.6) is 0 Å². The summed E-state index contributed by atoms with van der Waals surface area (Å²) in [7, 11) is 4.41. The lowest BCUT2D eigenvalue weighted by Crippen LogP contribution is -2.48. The SMILES string of the molecule is CCN(CC[N+](C)(C)CCNC=O)c1cccc(C)c1. The smallest absolute Gasteiger partial charge is 0.207 e. The van der Waals surface area contributed by atoms with Crippen LogP contribution in [0, 0.1) is 6.92 Å². The van der Waals surface area contributed by atoms with E-state index in [1.165, 1.54) is 11.3 Å². The van der Waals surface area contributed by atoms with Gasteiger partial charge in [0.2, 0.25) is 6.41 Å². The average Bonchev–Trinajstić information content (AvgIpc) is 2.39. The fourth-order valence-corrected chi connectivity index (χ4v) is 2.22. The van der Waals surface area contributed by atoms with Crippen molar-refractivity contribution in [2.45, 2.75) is 13.8 Å². The fourth-order valence-electron chi connectivity index (χ4n) is 2.22. The topological polar surface area (TPSA) is 32.3 Å². The van der Waals surface area contributed by atoms with E-state index in [4.69, 9.17) is 0 Å². The number of aryl methyl sites for hydroxylation is 1. The molecule has 0 saturated heterocycles. The zero-order valence-corrected chi connectivity index (χ0v) is 13.2. The number of nitrogens with one attached hydrogen (secondary N) is 1. The predicted octanol–water partition coefficient (Wildman–Crippen LogP) is 1.64. The Kier molecular flexibility index (Phi) is 6.52. The Bertz CT molecular complexity index is 418. The summed E-state index contributed by atoms with van der Waals surface area (Å²) in [5.41, 5.74) is 2.59. The molecule has 4 nitrogen and oxygen atoms in total. The number of amides is 1. The van der Waals surface area contributed by atoms with Crippen molar-refractivity contribution in [3.05, 3.63) is 29.8 Å². The minimum atomic E-state index is 0.729. The lowest BCUT2D eigenvalue weighted by Gasteiger charge is -2.33. The quantitative estimate of drug-likeness (QED) is 0.423. The number of hydrogen-bond acceptors (Lipinski definition) is 2. The maximum Gasteiger partial charge on any atom is 0.207 e. The van der Waals surface area contributed by atoms with Crippen molar-refractivity contribution < 1.29 is 9.28 Å². The van der Waals surface area contributed by atoms with Crippen molar-refractivity contribution in [2.75, 3.05) is 51.7 Å². The molecule has 0 heterocycles. The summed E-state index contributed by atoms with van der Waals surface area (Å²) in [6.45, 7) is 9.09. The van der Waals surface area contributed by atoms with Crippen molar-refractivity contribution in [3.63, 3.8) is 0 Å². The number of carbonyl (C=O) groups is 1. The zero-order chi connectivity index (χ0) is 15.0. The van der Waals surface area contributed by atoms with E-state index in [0.29, 0.717) is 0 Å². The van der Waals surface area contributed by atoms with Crippen molar-refractivity contribution in [3.8, 4) is 0 Å². The third-order valence-corrected chi connectivity index (χ3v) is 3.67. The number of likely N-dealkylation sites (N-methyl/N-ethyl adjacent to an activating group) is 2. The first-order valence-electron chi connectivity index (χ1n) is 7.29. The molecule has 0 unspecified atom stereocenters. The summed E-state index contributed by atoms with van der Waals surface area (Å²) in [6, 6.07) is 8.64. The maximum absolute atomic E-state index is 10.3. The van der Waals surface area contributed by atoms with Crippen LogP contribution >= 0.6 is 0 Å². The summed E-state index contributed by atoms with van der Waals surface area (Å²) >= 11 is 0. The van der Waals surface area contributed by atoms with E-state index < -0.39 is 0 Å². The second-order valence-corrected chi connectivity index (χ2v) is 5.87. The predicted molar refractivity (Wildman–Crippen MR) is 85.0 cm³/mol. The molecule has 4 heteroatoms. The third kappa shape index (κ3) is 5.61. The largest absolute Gasteiger partial charge is 0.366 e. The van der Waals surface area contributed by atoms with Crippen molar-refractivity contribution in [1.82, 2.24) is 5.32 Å². The first-order valence-corrected chi connectivity index (χ1v) is 7.29. The van der Waals surface area contributed by atoms with Gasteiger partial charge in [-0.05, 0) is 31.5 Å². The average molecular weight is 278 g/mol. The Morgan fingerprint density at radius 3 is 2.65 bits per heavy atom. The van der Waals surface area contributed by atoms with Gasteiger partial charge in [-0.25, -0.2) is 0 Å². The van der Waals surface area contributed by atoms with Gasteiger partial charge in [0.1, 0.15) is 0 Å². The highest BCUT2D eigenvalue weighted by Gasteiger charge is 2.16. The molecule has 0 aromatic heterocycles. The Morgan fingerprint density at radius 2 is 2.05 bits per heavy atom. The van der Waals surface area contributed by atoms with Gasteiger partial charge in [0.05, 0.1) is 40.3 Å². The van der Waals surface area contributed by atoms with Crippen LogP contribution in [0.25, 0.3) is 0 Å². The highest BCUT2D eigenvalue weighted by Crippen LogP contribution is 2.15. The number of carbonyl (C=O) groups excluding carboxylic acids is 1. The molecule has 1 N–H and O–H groups in total. The van der Waals surface area contributed by atoms with Gasteiger partial charge < -0.3 is 14.7 Å². The molecule has 1 aromatic carbocycles. The van der Waals surface area contributed by atoms with Crippen LogP contribution in [-0.2, 0) is 4.79 Å². The lowest BCUT2D eigenvalue weighted by atomic mass is 10.2. The van der Waals surface area contributed by atoms with Gasteiger partial charge in [-0.15, -0.1) is 0 Å². The minimum Gasteiger partial charge on any atom is -0.366 e. The van der Waals surface area contributed by atoms with Crippen LogP contribution in [0.4, 0.5) is 5.69 Å². The molecule has 0 saturated carbocycles. The van der Waals surface area contributed by atoms with E-state index in [2.05, 4.69) is 62.4 Å². The number of hydrogen-bond donors (Lipinski definition) is 1. The summed E-state index contributed by atoms with van der Waals surface area (Å²) < 4.78 is 0.906. The zero-order valence-electron chi connectivity index (χ0n) is 13.2. The monoisotopic (exact) mass is 278 g/mol. The Hall–Kier alpha value is -1.55. The number of anilines is 1. The molecular formula is C16H28N3O+. The Morgan fingerprint density at radius 1 is 1.30 bits per heavy atom. The van der Waals surface area contributed by atoms with E-state index in [1.807, 2.05) is 0 Å². The molecule has 0 spiro atoms. The molecule has 0 aliphatic heterocycles. The minimum absolute atomic E-state index is 0.729. The molecule has 0 aliphatic rings. The molecule has 1 aromatic rings. The van der Waals surface area contributed by atoms with E-state index >= 15 is 0 Å². The molecule has 1 rings (SSSR count). The fraction of sp³-hybridized carbons (Fsp3) is 0.562. The molecule has 0 atom stereocenters. The molecule has 0 fully saturated rings. The number of rotatable bonds is 9. The number of nitrogens with zero attached hydrogens (tertiary/aromatic N) is 2. The summed E-state index contributed by atoms with van der Waals surface area (Å²) in [6.07, 6.45) is 0.769. The normalized spacial score (nSPS) is 11.2. The lowest BCUT2D eigenvalue weighted by molar-refractivity contribution is -0.887. The molecule has 0 radical (unpaired) electrons. The first-order chi connectivity index (χ1) is 9.48. The van der Waals surface area contributed by atoms with Crippen molar-refractivity contribution in [1.29, 1.82) is 0 Å². The standard InChI is InChI=1S/C16H27N3O/c1-5-18(16-8-6-7-15(2)13-16)10-12-19(3,4)11-9-17-14-20/h6-8,13-14H,5,9-12H2,1-4H3/p+1. The number of benzene rings is 1.